The van der Waals surface area contributed by atoms with E-state index in [4.69, 9.17) is 4.74 Å². The Balaban J connectivity index is 1.76. The third kappa shape index (κ3) is 3.42. The Morgan fingerprint density at radius 1 is 1.21 bits per heavy atom. The number of nitrogens with one attached hydrogen (secondary N) is 1. The molecule has 1 aliphatic heterocycles. The number of hydrogen-bond acceptors (Lipinski definition) is 5. The van der Waals surface area contributed by atoms with E-state index in [2.05, 4.69) is 20.4 Å². The normalized spacial score (nSPS) is 15.9. The molecule has 0 radical (unpaired) electrons. The highest BCUT2D eigenvalue weighted by Gasteiger charge is 2.32. The molecular formula is C19H20F3N5O. The van der Waals surface area contributed by atoms with E-state index in [0.29, 0.717) is 34.0 Å². The molecule has 0 spiro atoms. The van der Waals surface area contributed by atoms with Crippen LogP contribution in [0.25, 0.3) is 22.4 Å². The fourth-order valence-corrected chi connectivity index (χ4v) is 3.60. The summed E-state index contributed by atoms with van der Waals surface area (Å²) in [4.78, 5) is 8.97. The number of methoxy groups -OCH3 is 1. The van der Waals surface area contributed by atoms with Crippen LogP contribution in [0.3, 0.4) is 0 Å². The summed E-state index contributed by atoms with van der Waals surface area (Å²) < 4.78 is 46.4. The van der Waals surface area contributed by atoms with Crippen molar-refractivity contribution in [2.24, 2.45) is 0 Å². The number of halogens is 3. The largest absolute Gasteiger partial charge is 0.496 e. The molecule has 3 heterocycles. The van der Waals surface area contributed by atoms with Gasteiger partial charge in [-0.2, -0.15) is 18.3 Å². The molecular weight excluding hydrogens is 371 g/mol. The van der Waals surface area contributed by atoms with Crippen molar-refractivity contribution < 1.29 is 17.9 Å². The van der Waals surface area contributed by atoms with Gasteiger partial charge in [-0.3, -0.25) is 4.68 Å². The number of benzene rings is 1. The van der Waals surface area contributed by atoms with E-state index < -0.39 is 11.7 Å². The van der Waals surface area contributed by atoms with Gasteiger partial charge in [0.05, 0.1) is 36.8 Å². The first-order valence-electron chi connectivity index (χ1n) is 9.05. The second kappa shape index (κ2) is 7.05. The highest BCUT2D eigenvalue weighted by molar-refractivity contribution is 5.77. The topological polar surface area (TPSA) is 64.9 Å². The van der Waals surface area contributed by atoms with Gasteiger partial charge >= 0.3 is 6.18 Å². The van der Waals surface area contributed by atoms with Crippen molar-refractivity contribution in [2.75, 3.05) is 20.2 Å². The Kier molecular flexibility index (Phi) is 4.70. The Labute approximate surface area is 159 Å². The lowest BCUT2D eigenvalue weighted by atomic mass is 10.0. The van der Waals surface area contributed by atoms with Crippen molar-refractivity contribution in [1.29, 1.82) is 0 Å². The molecule has 6 nitrogen and oxygen atoms in total. The molecule has 1 fully saturated rings. The lowest BCUT2D eigenvalue weighted by molar-refractivity contribution is -0.137. The van der Waals surface area contributed by atoms with Crippen molar-refractivity contribution in [3.05, 3.63) is 35.7 Å². The van der Waals surface area contributed by atoms with E-state index >= 15 is 0 Å². The van der Waals surface area contributed by atoms with Crippen LogP contribution < -0.4 is 10.1 Å². The van der Waals surface area contributed by atoms with E-state index in [-0.39, 0.29) is 5.75 Å². The maximum Gasteiger partial charge on any atom is 0.416 e. The molecule has 9 heteroatoms. The van der Waals surface area contributed by atoms with Crippen LogP contribution in [0.4, 0.5) is 13.2 Å². The number of alkyl halides is 3. The molecule has 0 bridgehead atoms. The molecule has 148 valence electrons. The van der Waals surface area contributed by atoms with E-state index in [1.165, 1.54) is 7.11 Å². The Bertz CT molecular complexity index is 1010. The third-order valence-corrected chi connectivity index (χ3v) is 5.03. The smallest absolute Gasteiger partial charge is 0.416 e. The Morgan fingerprint density at radius 3 is 2.64 bits per heavy atom. The van der Waals surface area contributed by atoms with E-state index in [1.54, 1.807) is 13.1 Å². The first kappa shape index (κ1) is 18.7. The van der Waals surface area contributed by atoms with Crippen LogP contribution in [0.2, 0.25) is 0 Å². The highest BCUT2D eigenvalue weighted by atomic mass is 19.4. The highest BCUT2D eigenvalue weighted by Crippen LogP contribution is 2.39. The zero-order valence-corrected chi connectivity index (χ0v) is 15.5. The van der Waals surface area contributed by atoms with Crippen LogP contribution in [0, 0.1) is 6.92 Å². The van der Waals surface area contributed by atoms with Gasteiger partial charge in [-0.25, -0.2) is 9.97 Å². The number of rotatable bonds is 3. The zero-order valence-electron chi connectivity index (χ0n) is 15.5. The Hall–Kier alpha value is -2.68. The van der Waals surface area contributed by atoms with Gasteiger partial charge in [0.1, 0.15) is 11.3 Å². The lowest BCUT2D eigenvalue weighted by Crippen LogP contribution is -2.29. The number of fused-ring (bicyclic) bond motifs is 1. The van der Waals surface area contributed by atoms with Crippen molar-refractivity contribution in [1.82, 2.24) is 25.1 Å². The summed E-state index contributed by atoms with van der Waals surface area (Å²) in [5.74, 6) is 0.110. The first-order chi connectivity index (χ1) is 13.4. The molecule has 28 heavy (non-hydrogen) atoms. The van der Waals surface area contributed by atoms with Crippen molar-refractivity contribution in [3.63, 3.8) is 0 Å². The number of nitrogens with zero attached hydrogens (tertiary/aromatic N) is 4. The average Bonchev–Trinajstić information content (AvgIpc) is 3.10. The predicted octanol–water partition coefficient (Wildman–Crippen LogP) is 3.75. The number of hydrogen-bond donors (Lipinski definition) is 1. The summed E-state index contributed by atoms with van der Waals surface area (Å²) in [6.07, 6.45) is 0.938. The van der Waals surface area contributed by atoms with Gasteiger partial charge in [0.15, 0.2) is 5.65 Å². The maximum atomic E-state index is 13.1. The van der Waals surface area contributed by atoms with Crippen LogP contribution in [0.15, 0.2) is 24.5 Å². The number of piperidine rings is 1. The van der Waals surface area contributed by atoms with Gasteiger partial charge in [-0.1, -0.05) is 0 Å². The predicted molar refractivity (Wildman–Crippen MR) is 98.2 cm³/mol. The Morgan fingerprint density at radius 2 is 1.96 bits per heavy atom. The molecule has 0 aliphatic carbocycles. The molecule has 0 amide bonds. The summed E-state index contributed by atoms with van der Waals surface area (Å²) >= 11 is 0. The van der Waals surface area contributed by atoms with Crippen LogP contribution in [-0.4, -0.2) is 39.9 Å². The van der Waals surface area contributed by atoms with Crippen LogP contribution in [0.5, 0.6) is 5.75 Å². The summed E-state index contributed by atoms with van der Waals surface area (Å²) in [7, 11) is 1.34. The van der Waals surface area contributed by atoms with Gasteiger partial charge in [-0.05, 0) is 50.6 Å². The zero-order chi connectivity index (χ0) is 19.9. The molecule has 0 saturated carbocycles. The SMILES string of the molecule is COc1cc(C(F)(F)F)cc(C)c1-c1cnc2cn(C3CCNCC3)nc2n1. The summed E-state index contributed by atoms with van der Waals surface area (Å²) in [6, 6.07) is 2.38. The fraction of sp³-hybridized carbons (Fsp3) is 0.421. The van der Waals surface area contributed by atoms with E-state index in [1.807, 2.05) is 10.9 Å². The number of ether oxygens (including phenoxy) is 1. The number of aryl methyl sites for hydroxylation is 1. The molecule has 1 saturated heterocycles. The summed E-state index contributed by atoms with van der Waals surface area (Å²) in [6.45, 7) is 3.48. The minimum Gasteiger partial charge on any atom is -0.496 e. The van der Waals surface area contributed by atoms with Gasteiger partial charge in [0, 0.05) is 5.56 Å². The molecule has 1 aliphatic rings. The van der Waals surface area contributed by atoms with Crippen LogP contribution in [0.1, 0.15) is 30.0 Å². The lowest BCUT2D eigenvalue weighted by Gasteiger charge is -2.22. The molecule has 1 N–H and O–H groups in total. The van der Waals surface area contributed by atoms with Crippen molar-refractivity contribution >= 4 is 11.2 Å². The molecule has 0 atom stereocenters. The van der Waals surface area contributed by atoms with Gasteiger partial charge in [0.25, 0.3) is 0 Å². The minimum atomic E-state index is -4.44. The molecule has 2 aromatic heterocycles. The second-order valence-corrected chi connectivity index (χ2v) is 6.92. The van der Waals surface area contributed by atoms with Crippen molar-refractivity contribution in [2.45, 2.75) is 32.0 Å². The average molecular weight is 391 g/mol. The standard InChI is InChI=1S/C19H20F3N5O/c1-11-7-12(19(20,21)22)8-16(28-2)17(11)14-9-24-15-10-27(26-18(15)25-14)13-3-5-23-6-4-13/h7-10,13,23H,3-6H2,1-2H3. The quantitative estimate of drug-likeness (QED) is 0.737. The first-order valence-corrected chi connectivity index (χ1v) is 9.05. The molecule has 3 aromatic rings. The van der Waals surface area contributed by atoms with Gasteiger partial charge in [0.2, 0.25) is 0 Å². The minimum absolute atomic E-state index is 0.110. The molecule has 4 rings (SSSR count). The molecule has 0 unspecified atom stereocenters. The van der Waals surface area contributed by atoms with Crippen LogP contribution >= 0.6 is 0 Å². The van der Waals surface area contributed by atoms with Crippen molar-refractivity contribution in [3.8, 4) is 17.0 Å². The van der Waals surface area contributed by atoms with E-state index in [0.717, 1.165) is 38.1 Å². The summed E-state index contributed by atoms with van der Waals surface area (Å²) in [5.41, 5.74) is 1.71. The third-order valence-electron chi connectivity index (χ3n) is 5.03. The van der Waals surface area contributed by atoms with Crippen LogP contribution in [-0.2, 0) is 6.18 Å². The van der Waals surface area contributed by atoms with Gasteiger partial charge < -0.3 is 10.1 Å². The van der Waals surface area contributed by atoms with E-state index in [9.17, 15) is 13.2 Å². The monoisotopic (exact) mass is 391 g/mol. The fourth-order valence-electron chi connectivity index (χ4n) is 3.60. The number of aromatic nitrogens is 4. The molecule has 1 aromatic carbocycles. The van der Waals surface area contributed by atoms with Gasteiger partial charge in [-0.15, -0.1) is 0 Å². The second-order valence-electron chi connectivity index (χ2n) is 6.92. The maximum absolute atomic E-state index is 13.1. The summed E-state index contributed by atoms with van der Waals surface area (Å²) in [5, 5.41) is 7.88.